The van der Waals surface area contributed by atoms with Crippen molar-refractivity contribution in [1.29, 1.82) is 0 Å². The highest BCUT2D eigenvalue weighted by Crippen LogP contribution is 2.33. The van der Waals surface area contributed by atoms with Crippen molar-refractivity contribution in [3.05, 3.63) is 35.4 Å². The average Bonchev–Trinajstić information content (AvgIpc) is 2.62. The zero-order valence-electron chi connectivity index (χ0n) is 15.3. The van der Waals surface area contributed by atoms with Crippen LogP contribution in [0.25, 0.3) is 0 Å². The SMILES string of the molecule is CCc1ccc(C(C)NC(=O)CN2CCC(CC)(CO)CC2)cc1. The first-order valence-electron chi connectivity index (χ1n) is 9.23. The highest BCUT2D eigenvalue weighted by Gasteiger charge is 2.32. The Bertz CT molecular complexity index is 513. The lowest BCUT2D eigenvalue weighted by Gasteiger charge is -2.40. The number of nitrogens with zero attached hydrogens (tertiary/aromatic N) is 1. The fraction of sp³-hybridized carbons (Fsp3) is 0.650. The first-order chi connectivity index (χ1) is 11.5. The van der Waals surface area contributed by atoms with Gasteiger partial charge in [0.1, 0.15) is 0 Å². The number of amides is 1. The van der Waals surface area contributed by atoms with Crippen molar-refractivity contribution in [2.45, 2.75) is 52.5 Å². The van der Waals surface area contributed by atoms with Gasteiger partial charge in [0.2, 0.25) is 5.91 Å². The van der Waals surface area contributed by atoms with Crippen LogP contribution in [0.15, 0.2) is 24.3 Å². The maximum atomic E-state index is 12.3. The number of rotatable bonds is 7. The van der Waals surface area contributed by atoms with E-state index in [2.05, 4.69) is 48.3 Å². The van der Waals surface area contributed by atoms with E-state index in [1.807, 2.05) is 6.92 Å². The number of likely N-dealkylation sites (tertiary alicyclic amines) is 1. The monoisotopic (exact) mass is 332 g/mol. The normalized spacial score (nSPS) is 19.0. The molecule has 134 valence electrons. The van der Waals surface area contributed by atoms with Crippen LogP contribution in [-0.2, 0) is 11.2 Å². The summed E-state index contributed by atoms with van der Waals surface area (Å²) in [6, 6.07) is 8.48. The number of benzene rings is 1. The molecule has 1 heterocycles. The highest BCUT2D eigenvalue weighted by atomic mass is 16.3. The molecule has 0 spiro atoms. The molecule has 1 aliphatic rings. The van der Waals surface area contributed by atoms with Gasteiger partial charge in [0.25, 0.3) is 0 Å². The van der Waals surface area contributed by atoms with E-state index >= 15 is 0 Å². The summed E-state index contributed by atoms with van der Waals surface area (Å²) >= 11 is 0. The quantitative estimate of drug-likeness (QED) is 0.807. The summed E-state index contributed by atoms with van der Waals surface area (Å²) in [5, 5.41) is 12.7. The van der Waals surface area contributed by atoms with Crippen LogP contribution in [0.4, 0.5) is 0 Å². The van der Waals surface area contributed by atoms with Crippen molar-refractivity contribution in [3.63, 3.8) is 0 Å². The molecule has 1 fully saturated rings. The Morgan fingerprint density at radius 1 is 1.25 bits per heavy atom. The van der Waals surface area contributed by atoms with E-state index in [1.54, 1.807) is 0 Å². The molecule has 1 aliphatic heterocycles. The summed E-state index contributed by atoms with van der Waals surface area (Å²) in [6.07, 6.45) is 3.99. The first-order valence-corrected chi connectivity index (χ1v) is 9.23. The van der Waals surface area contributed by atoms with Gasteiger partial charge in [-0.15, -0.1) is 0 Å². The van der Waals surface area contributed by atoms with Crippen LogP contribution in [0.1, 0.15) is 57.2 Å². The zero-order chi connectivity index (χ0) is 17.6. The standard InChI is InChI=1S/C20H32N2O2/c1-4-17-6-8-18(9-7-17)16(3)21-19(24)14-22-12-10-20(5-2,15-23)11-13-22/h6-9,16,23H,4-5,10-15H2,1-3H3,(H,21,24). The molecule has 1 aromatic rings. The van der Waals surface area contributed by atoms with E-state index in [0.717, 1.165) is 44.3 Å². The molecule has 1 aromatic carbocycles. The van der Waals surface area contributed by atoms with Crippen LogP contribution in [-0.4, -0.2) is 42.2 Å². The minimum Gasteiger partial charge on any atom is -0.396 e. The molecule has 2 rings (SSSR count). The third kappa shape index (κ3) is 4.81. The molecular weight excluding hydrogens is 300 g/mol. The Labute approximate surface area is 146 Å². The molecule has 4 heteroatoms. The fourth-order valence-corrected chi connectivity index (χ4v) is 3.42. The van der Waals surface area contributed by atoms with Gasteiger partial charge in [0, 0.05) is 6.61 Å². The maximum absolute atomic E-state index is 12.3. The second kappa shape index (κ2) is 8.63. The van der Waals surface area contributed by atoms with Crippen LogP contribution >= 0.6 is 0 Å². The second-order valence-corrected chi connectivity index (χ2v) is 7.17. The van der Waals surface area contributed by atoms with E-state index in [0.29, 0.717) is 6.54 Å². The van der Waals surface area contributed by atoms with Crippen LogP contribution in [0.3, 0.4) is 0 Å². The van der Waals surface area contributed by atoms with Gasteiger partial charge in [-0.25, -0.2) is 0 Å². The molecular formula is C20H32N2O2. The molecule has 1 unspecified atom stereocenters. The van der Waals surface area contributed by atoms with E-state index in [1.165, 1.54) is 5.56 Å². The number of aryl methyl sites for hydroxylation is 1. The number of carbonyl (C=O) groups excluding carboxylic acids is 1. The van der Waals surface area contributed by atoms with Gasteiger partial charge in [-0.2, -0.15) is 0 Å². The fourth-order valence-electron chi connectivity index (χ4n) is 3.42. The van der Waals surface area contributed by atoms with Gasteiger partial charge in [0.05, 0.1) is 12.6 Å². The van der Waals surface area contributed by atoms with E-state index < -0.39 is 0 Å². The number of hydrogen-bond acceptors (Lipinski definition) is 3. The van der Waals surface area contributed by atoms with Crippen molar-refractivity contribution in [1.82, 2.24) is 10.2 Å². The lowest BCUT2D eigenvalue weighted by Crippen LogP contribution is -2.46. The summed E-state index contributed by atoms with van der Waals surface area (Å²) in [4.78, 5) is 14.5. The predicted octanol–water partition coefficient (Wildman–Crippen LogP) is 2.91. The van der Waals surface area contributed by atoms with Crippen molar-refractivity contribution < 1.29 is 9.90 Å². The topological polar surface area (TPSA) is 52.6 Å². The zero-order valence-corrected chi connectivity index (χ0v) is 15.3. The number of aliphatic hydroxyl groups excluding tert-OH is 1. The molecule has 1 saturated heterocycles. The second-order valence-electron chi connectivity index (χ2n) is 7.17. The predicted molar refractivity (Wildman–Crippen MR) is 97.9 cm³/mol. The van der Waals surface area contributed by atoms with Crippen molar-refractivity contribution in [2.24, 2.45) is 5.41 Å². The van der Waals surface area contributed by atoms with Gasteiger partial charge < -0.3 is 10.4 Å². The summed E-state index contributed by atoms with van der Waals surface area (Å²) in [6.45, 7) is 8.80. The smallest absolute Gasteiger partial charge is 0.234 e. The largest absolute Gasteiger partial charge is 0.396 e. The molecule has 0 saturated carbocycles. The average molecular weight is 332 g/mol. The van der Waals surface area contributed by atoms with Crippen LogP contribution in [0.2, 0.25) is 0 Å². The molecule has 0 radical (unpaired) electrons. The number of aliphatic hydroxyl groups is 1. The molecule has 1 atom stereocenters. The third-order valence-corrected chi connectivity index (χ3v) is 5.63. The van der Waals surface area contributed by atoms with Crippen molar-refractivity contribution in [2.75, 3.05) is 26.2 Å². The van der Waals surface area contributed by atoms with Gasteiger partial charge in [-0.1, -0.05) is 38.1 Å². The lowest BCUT2D eigenvalue weighted by atomic mass is 9.77. The van der Waals surface area contributed by atoms with Crippen LogP contribution < -0.4 is 5.32 Å². The number of carbonyl (C=O) groups is 1. The minimum atomic E-state index is 0.0281. The van der Waals surface area contributed by atoms with Crippen molar-refractivity contribution in [3.8, 4) is 0 Å². The lowest BCUT2D eigenvalue weighted by molar-refractivity contribution is -0.123. The van der Waals surface area contributed by atoms with Gasteiger partial charge in [-0.05, 0) is 62.2 Å². The van der Waals surface area contributed by atoms with Gasteiger partial charge in [0.15, 0.2) is 0 Å². The third-order valence-electron chi connectivity index (χ3n) is 5.63. The molecule has 0 bridgehead atoms. The number of piperidine rings is 1. The first kappa shape index (κ1) is 18.9. The Balaban J connectivity index is 1.80. The molecule has 1 amide bonds. The molecule has 4 nitrogen and oxygen atoms in total. The summed E-state index contributed by atoms with van der Waals surface area (Å²) in [5.74, 6) is 0.0788. The van der Waals surface area contributed by atoms with E-state index in [9.17, 15) is 9.90 Å². The van der Waals surface area contributed by atoms with Gasteiger partial charge in [-0.3, -0.25) is 9.69 Å². The van der Waals surface area contributed by atoms with Gasteiger partial charge >= 0.3 is 0 Å². The minimum absolute atomic E-state index is 0.0281. The summed E-state index contributed by atoms with van der Waals surface area (Å²) in [7, 11) is 0. The number of nitrogens with one attached hydrogen (secondary N) is 1. The summed E-state index contributed by atoms with van der Waals surface area (Å²) in [5.41, 5.74) is 2.53. The molecule has 24 heavy (non-hydrogen) atoms. The maximum Gasteiger partial charge on any atom is 0.234 e. The molecule has 0 aromatic heterocycles. The highest BCUT2D eigenvalue weighted by molar-refractivity contribution is 5.78. The Morgan fingerprint density at radius 3 is 2.38 bits per heavy atom. The van der Waals surface area contributed by atoms with E-state index in [4.69, 9.17) is 0 Å². The summed E-state index contributed by atoms with van der Waals surface area (Å²) < 4.78 is 0. The van der Waals surface area contributed by atoms with Crippen LogP contribution in [0.5, 0.6) is 0 Å². The Hall–Kier alpha value is -1.39. The Kier molecular flexibility index (Phi) is 6.81. The van der Waals surface area contributed by atoms with Crippen molar-refractivity contribution >= 4 is 5.91 Å². The number of hydrogen-bond donors (Lipinski definition) is 2. The molecule has 0 aliphatic carbocycles. The van der Waals surface area contributed by atoms with E-state index in [-0.39, 0.29) is 24.0 Å². The Morgan fingerprint density at radius 2 is 1.88 bits per heavy atom. The molecule has 2 N–H and O–H groups in total. The van der Waals surface area contributed by atoms with Crippen LogP contribution in [0, 0.1) is 5.41 Å².